The van der Waals surface area contributed by atoms with Crippen LogP contribution in [0, 0.1) is 11.8 Å². The van der Waals surface area contributed by atoms with E-state index in [1.165, 1.54) is 33.6 Å². The minimum absolute atomic E-state index is 0.0263. The lowest BCUT2D eigenvalue weighted by molar-refractivity contribution is 0.144. The fourth-order valence-corrected chi connectivity index (χ4v) is 4.17. The zero-order valence-electron chi connectivity index (χ0n) is 15.1. The minimum atomic E-state index is -0.483. The van der Waals surface area contributed by atoms with Gasteiger partial charge in [-0.3, -0.25) is 0 Å². The molecule has 28 heavy (non-hydrogen) atoms. The lowest BCUT2D eigenvalue weighted by Gasteiger charge is -2.14. The zero-order chi connectivity index (χ0) is 19.3. The van der Waals surface area contributed by atoms with Gasteiger partial charge in [0.05, 0.1) is 13.2 Å². The number of hydrogen-bond acceptors (Lipinski definition) is 4. The average molecular weight is 389 g/mol. The van der Waals surface area contributed by atoms with Gasteiger partial charge in [0.2, 0.25) is 0 Å². The first-order valence-corrected chi connectivity index (χ1v) is 9.91. The first-order chi connectivity index (χ1) is 13.8. The van der Waals surface area contributed by atoms with E-state index in [0.717, 1.165) is 10.4 Å². The number of benzene rings is 2. The average Bonchev–Trinajstić information content (AvgIpc) is 3.32. The van der Waals surface area contributed by atoms with Crippen LogP contribution in [0.2, 0.25) is 0 Å². The predicted molar refractivity (Wildman–Crippen MR) is 110 cm³/mol. The highest BCUT2D eigenvalue weighted by Gasteiger charge is 2.28. The topological polar surface area (TPSA) is 58.6 Å². The van der Waals surface area contributed by atoms with Crippen molar-refractivity contribution in [2.45, 2.75) is 12.5 Å². The number of rotatable bonds is 4. The van der Waals surface area contributed by atoms with Gasteiger partial charge in [-0.25, -0.2) is 4.79 Å². The van der Waals surface area contributed by atoms with Gasteiger partial charge in [-0.15, -0.1) is 11.3 Å². The molecule has 0 unspecified atom stereocenters. The molecule has 140 valence electrons. The molecule has 0 radical (unpaired) electrons. The van der Waals surface area contributed by atoms with Crippen LogP contribution >= 0.6 is 11.3 Å². The van der Waals surface area contributed by atoms with Crippen molar-refractivity contribution in [2.24, 2.45) is 0 Å². The van der Waals surface area contributed by atoms with Gasteiger partial charge in [-0.05, 0) is 33.7 Å². The van der Waals surface area contributed by atoms with Crippen LogP contribution in [-0.4, -0.2) is 24.4 Å². The molecule has 1 amide bonds. The molecule has 5 heteroatoms. The summed E-state index contributed by atoms with van der Waals surface area (Å²) in [7, 11) is 0. The van der Waals surface area contributed by atoms with E-state index >= 15 is 0 Å². The molecule has 4 nitrogen and oxygen atoms in total. The first kappa shape index (κ1) is 18.3. The molecule has 0 fully saturated rings. The molecule has 0 spiro atoms. The van der Waals surface area contributed by atoms with Gasteiger partial charge in [0.1, 0.15) is 6.61 Å². The molecule has 1 aromatic heterocycles. The smallest absolute Gasteiger partial charge is 0.407 e. The van der Waals surface area contributed by atoms with Gasteiger partial charge in [0, 0.05) is 16.4 Å². The molecule has 1 aliphatic rings. The Morgan fingerprint density at radius 2 is 1.75 bits per heavy atom. The first-order valence-electron chi connectivity index (χ1n) is 9.03. The van der Waals surface area contributed by atoms with Crippen molar-refractivity contribution in [1.82, 2.24) is 5.32 Å². The van der Waals surface area contributed by atoms with Crippen molar-refractivity contribution in [3.63, 3.8) is 0 Å². The summed E-state index contributed by atoms with van der Waals surface area (Å²) in [6.07, 6.45) is -0.483. The molecule has 0 aliphatic heterocycles. The second-order valence-electron chi connectivity index (χ2n) is 6.40. The van der Waals surface area contributed by atoms with Crippen molar-refractivity contribution in [2.75, 3.05) is 13.2 Å². The number of fused-ring (bicyclic) bond motifs is 3. The van der Waals surface area contributed by atoms with Crippen LogP contribution in [-0.2, 0) is 11.3 Å². The van der Waals surface area contributed by atoms with Crippen LogP contribution in [0.3, 0.4) is 0 Å². The van der Waals surface area contributed by atoms with E-state index in [-0.39, 0.29) is 25.7 Å². The molecule has 0 saturated carbocycles. The number of thiophene rings is 1. The van der Waals surface area contributed by atoms with Gasteiger partial charge in [-0.2, -0.15) is 0 Å². The Balaban J connectivity index is 1.36. The second kappa shape index (κ2) is 8.30. The Morgan fingerprint density at radius 3 is 2.43 bits per heavy atom. The molecule has 1 heterocycles. The number of nitrogens with one attached hydrogen (secondary N) is 1. The molecular formula is C23H19NO3S. The highest BCUT2D eigenvalue weighted by atomic mass is 32.1. The Kier molecular flexibility index (Phi) is 5.43. The number of alkyl carbamates (subject to hydrolysis) is 1. The summed E-state index contributed by atoms with van der Waals surface area (Å²) in [5.74, 6) is 5.88. The Morgan fingerprint density at radius 1 is 1.07 bits per heavy atom. The number of hydrogen-bond donors (Lipinski definition) is 2. The quantitative estimate of drug-likeness (QED) is 0.660. The Bertz CT molecular complexity index is 1020. The van der Waals surface area contributed by atoms with Crippen molar-refractivity contribution < 1.29 is 14.6 Å². The number of ether oxygens (including phenoxy) is 1. The molecule has 0 atom stereocenters. The van der Waals surface area contributed by atoms with E-state index in [9.17, 15) is 9.90 Å². The highest BCUT2D eigenvalue weighted by molar-refractivity contribution is 7.10. The van der Waals surface area contributed by atoms with Gasteiger partial charge in [0.15, 0.2) is 0 Å². The van der Waals surface area contributed by atoms with Crippen molar-refractivity contribution >= 4 is 17.4 Å². The van der Waals surface area contributed by atoms with E-state index in [4.69, 9.17) is 4.74 Å². The monoisotopic (exact) mass is 389 g/mol. The van der Waals surface area contributed by atoms with Crippen LogP contribution < -0.4 is 5.32 Å². The van der Waals surface area contributed by atoms with Crippen LogP contribution in [0.25, 0.3) is 11.1 Å². The van der Waals surface area contributed by atoms with E-state index in [1.54, 1.807) is 0 Å². The van der Waals surface area contributed by atoms with Gasteiger partial charge in [0.25, 0.3) is 0 Å². The summed E-state index contributed by atoms with van der Waals surface area (Å²) in [4.78, 5) is 12.9. The van der Waals surface area contributed by atoms with Crippen LogP contribution in [0.4, 0.5) is 4.79 Å². The number of carbonyl (C=O) groups is 1. The second-order valence-corrected chi connectivity index (χ2v) is 7.40. The van der Waals surface area contributed by atoms with Crippen LogP contribution in [0.5, 0.6) is 0 Å². The Hall–Kier alpha value is -3.07. The maximum atomic E-state index is 12.1. The summed E-state index contributed by atoms with van der Waals surface area (Å²) in [6.45, 7) is 0.450. The van der Waals surface area contributed by atoms with Crippen molar-refractivity contribution in [3.8, 4) is 23.0 Å². The lowest BCUT2D eigenvalue weighted by atomic mass is 9.98. The third-order valence-corrected chi connectivity index (χ3v) is 5.68. The third-order valence-electron chi connectivity index (χ3n) is 4.78. The number of carbonyl (C=O) groups excluding carboxylic acids is 1. The lowest BCUT2D eigenvalue weighted by Crippen LogP contribution is -2.26. The fraction of sp³-hybridized carbons (Fsp3) is 0.174. The number of aliphatic hydroxyl groups is 1. The maximum Gasteiger partial charge on any atom is 0.407 e. The molecule has 3 aromatic rings. The van der Waals surface area contributed by atoms with Crippen LogP contribution in [0.15, 0.2) is 60.0 Å². The van der Waals surface area contributed by atoms with Gasteiger partial charge in [-0.1, -0.05) is 60.4 Å². The predicted octanol–water partition coefficient (Wildman–Crippen LogP) is 4.13. The third kappa shape index (κ3) is 3.65. The SMILES string of the molecule is O=C(NCC#Cc1ccsc1CO)OCC1c2ccccc2-c2ccccc21. The van der Waals surface area contributed by atoms with Gasteiger partial charge < -0.3 is 15.2 Å². The molecule has 2 aromatic carbocycles. The van der Waals surface area contributed by atoms with Crippen molar-refractivity contribution in [3.05, 3.63) is 81.5 Å². The number of aliphatic hydroxyl groups excluding tert-OH is 1. The van der Waals surface area contributed by atoms with E-state index < -0.39 is 6.09 Å². The molecule has 4 rings (SSSR count). The summed E-state index contributed by atoms with van der Waals surface area (Å²) in [5, 5.41) is 13.8. The van der Waals surface area contributed by atoms with E-state index in [2.05, 4.69) is 41.4 Å². The van der Waals surface area contributed by atoms with Crippen molar-refractivity contribution in [1.29, 1.82) is 0 Å². The maximum absolute atomic E-state index is 12.1. The fourth-order valence-electron chi connectivity index (χ4n) is 3.48. The Labute approximate surface area is 167 Å². The van der Waals surface area contributed by atoms with E-state index in [0.29, 0.717) is 0 Å². The zero-order valence-corrected chi connectivity index (χ0v) is 16.0. The summed E-state index contributed by atoms with van der Waals surface area (Å²) in [5.41, 5.74) is 5.57. The van der Waals surface area contributed by atoms with E-state index in [1.807, 2.05) is 35.7 Å². The molecule has 2 N–H and O–H groups in total. The molecule has 1 aliphatic carbocycles. The van der Waals surface area contributed by atoms with Crippen LogP contribution in [0.1, 0.15) is 27.5 Å². The largest absolute Gasteiger partial charge is 0.449 e. The number of amides is 1. The molecule has 0 saturated heterocycles. The highest BCUT2D eigenvalue weighted by Crippen LogP contribution is 2.44. The summed E-state index contributed by atoms with van der Waals surface area (Å²) in [6, 6.07) is 18.3. The molecule has 0 bridgehead atoms. The molecular weight excluding hydrogens is 370 g/mol. The minimum Gasteiger partial charge on any atom is -0.449 e. The standard InChI is InChI=1S/C23H19NO3S/c25-14-22-16(11-13-28-22)6-5-12-24-23(26)27-15-21-19-9-3-1-7-17(19)18-8-2-4-10-20(18)21/h1-4,7-11,13,21,25H,12,14-15H2,(H,24,26). The summed E-state index contributed by atoms with van der Waals surface area (Å²) >= 11 is 1.46. The summed E-state index contributed by atoms with van der Waals surface area (Å²) < 4.78 is 5.47. The van der Waals surface area contributed by atoms with Gasteiger partial charge >= 0.3 is 6.09 Å². The normalized spacial score (nSPS) is 11.9.